The smallest absolute Gasteiger partial charge is 0.335 e. The van der Waals surface area contributed by atoms with E-state index >= 15 is 0 Å². The topological polar surface area (TPSA) is 75.6 Å². The Hall–Kier alpha value is -1.88. The summed E-state index contributed by atoms with van der Waals surface area (Å²) >= 11 is 0. The summed E-state index contributed by atoms with van der Waals surface area (Å²) < 4.78 is 5.16. The molecule has 5 nitrogen and oxygen atoms in total. The van der Waals surface area contributed by atoms with Crippen molar-refractivity contribution < 1.29 is 19.4 Å². The van der Waals surface area contributed by atoms with Gasteiger partial charge in [-0.05, 0) is 30.5 Å². The van der Waals surface area contributed by atoms with Crippen molar-refractivity contribution in [3.8, 4) is 0 Å². The molecule has 2 N–H and O–H groups in total. The van der Waals surface area contributed by atoms with Crippen LogP contribution in [-0.2, 0) is 16.0 Å². The molecule has 5 heteroatoms. The normalized spacial score (nSPS) is 18.2. The van der Waals surface area contributed by atoms with Crippen molar-refractivity contribution in [1.82, 2.24) is 5.32 Å². The molecule has 19 heavy (non-hydrogen) atoms. The number of aromatic carboxylic acids is 1. The minimum Gasteiger partial charge on any atom is -0.478 e. The molecular formula is C14H17NO4. The van der Waals surface area contributed by atoms with E-state index in [1.165, 1.54) is 0 Å². The molecule has 1 aromatic rings. The summed E-state index contributed by atoms with van der Waals surface area (Å²) in [4.78, 5) is 22.4. The number of rotatable bonds is 5. The lowest BCUT2D eigenvalue weighted by atomic mass is 10.1. The standard InChI is InChI=1S/C14H17NO4/c16-13(12-6-8-19-9-12)15-7-5-10-1-3-11(4-2-10)14(17)18/h1-4,12H,5-9H2,(H,15,16)(H,17,18)/t12-/m0/s1. The minimum atomic E-state index is -0.930. The fourth-order valence-electron chi connectivity index (χ4n) is 2.03. The number of amides is 1. The average molecular weight is 263 g/mol. The maximum Gasteiger partial charge on any atom is 0.335 e. The van der Waals surface area contributed by atoms with Crippen molar-refractivity contribution >= 4 is 11.9 Å². The van der Waals surface area contributed by atoms with Crippen molar-refractivity contribution in [3.63, 3.8) is 0 Å². The Labute approximate surface area is 111 Å². The molecule has 0 radical (unpaired) electrons. The van der Waals surface area contributed by atoms with Gasteiger partial charge in [0.2, 0.25) is 5.91 Å². The van der Waals surface area contributed by atoms with Gasteiger partial charge in [0, 0.05) is 13.2 Å². The molecule has 0 bridgehead atoms. The lowest BCUT2D eigenvalue weighted by Crippen LogP contribution is -2.32. The minimum absolute atomic E-state index is 0.0191. The summed E-state index contributed by atoms with van der Waals surface area (Å²) in [6.45, 7) is 1.73. The first-order valence-electron chi connectivity index (χ1n) is 6.34. The summed E-state index contributed by atoms with van der Waals surface area (Å²) in [5, 5.41) is 11.7. The SMILES string of the molecule is O=C(O)c1ccc(CCNC(=O)[C@H]2CCOC2)cc1. The zero-order chi connectivity index (χ0) is 13.7. The summed E-state index contributed by atoms with van der Waals surface area (Å²) in [5.41, 5.74) is 1.28. The van der Waals surface area contributed by atoms with Crippen LogP contribution in [0, 0.1) is 5.92 Å². The van der Waals surface area contributed by atoms with Crippen molar-refractivity contribution in [3.05, 3.63) is 35.4 Å². The van der Waals surface area contributed by atoms with Crippen LogP contribution < -0.4 is 5.32 Å². The van der Waals surface area contributed by atoms with Crippen LogP contribution in [0.15, 0.2) is 24.3 Å². The average Bonchev–Trinajstić information content (AvgIpc) is 2.93. The molecule has 2 rings (SSSR count). The molecule has 0 saturated carbocycles. The molecule has 1 aliphatic rings. The molecule has 0 spiro atoms. The van der Waals surface area contributed by atoms with Crippen LogP contribution in [0.5, 0.6) is 0 Å². The van der Waals surface area contributed by atoms with Crippen molar-refractivity contribution in [1.29, 1.82) is 0 Å². The Bertz CT molecular complexity index is 449. The number of benzene rings is 1. The Morgan fingerprint density at radius 3 is 2.63 bits per heavy atom. The molecule has 1 fully saturated rings. The van der Waals surface area contributed by atoms with Crippen LogP contribution in [0.4, 0.5) is 0 Å². The summed E-state index contributed by atoms with van der Waals surface area (Å²) in [5.74, 6) is -0.907. The highest BCUT2D eigenvalue weighted by Crippen LogP contribution is 2.12. The van der Waals surface area contributed by atoms with E-state index in [0.717, 1.165) is 12.0 Å². The lowest BCUT2D eigenvalue weighted by molar-refractivity contribution is -0.124. The van der Waals surface area contributed by atoms with Gasteiger partial charge < -0.3 is 15.2 Å². The zero-order valence-corrected chi connectivity index (χ0v) is 10.6. The molecular weight excluding hydrogens is 246 g/mol. The van der Waals surface area contributed by atoms with Crippen molar-refractivity contribution in [2.24, 2.45) is 5.92 Å². The maximum absolute atomic E-state index is 11.7. The number of carboxylic acid groups (broad SMARTS) is 1. The highest BCUT2D eigenvalue weighted by Gasteiger charge is 2.22. The maximum atomic E-state index is 11.7. The largest absolute Gasteiger partial charge is 0.478 e. The van der Waals surface area contributed by atoms with Gasteiger partial charge in [-0.3, -0.25) is 4.79 Å². The Kier molecular flexibility index (Phi) is 4.52. The molecule has 1 atom stereocenters. The molecule has 1 aliphatic heterocycles. The predicted octanol–water partition coefficient (Wildman–Crippen LogP) is 1.08. The van der Waals surface area contributed by atoms with E-state index in [4.69, 9.17) is 9.84 Å². The van der Waals surface area contributed by atoms with E-state index in [2.05, 4.69) is 5.32 Å². The van der Waals surface area contributed by atoms with Gasteiger partial charge in [0.25, 0.3) is 0 Å². The van der Waals surface area contributed by atoms with Gasteiger partial charge in [0.15, 0.2) is 0 Å². The molecule has 1 heterocycles. The van der Waals surface area contributed by atoms with Gasteiger partial charge in [-0.1, -0.05) is 12.1 Å². The van der Waals surface area contributed by atoms with E-state index in [9.17, 15) is 9.59 Å². The fraction of sp³-hybridized carbons (Fsp3) is 0.429. The Morgan fingerprint density at radius 1 is 1.32 bits per heavy atom. The van der Waals surface area contributed by atoms with E-state index in [-0.39, 0.29) is 17.4 Å². The Morgan fingerprint density at radius 2 is 2.05 bits per heavy atom. The number of hydrogen-bond donors (Lipinski definition) is 2. The first-order chi connectivity index (χ1) is 9.16. The highest BCUT2D eigenvalue weighted by atomic mass is 16.5. The van der Waals surface area contributed by atoms with E-state index < -0.39 is 5.97 Å². The van der Waals surface area contributed by atoms with Crippen LogP contribution >= 0.6 is 0 Å². The van der Waals surface area contributed by atoms with Crippen LogP contribution in [-0.4, -0.2) is 36.7 Å². The van der Waals surface area contributed by atoms with Crippen LogP contribution in [0.1, 0.15) is 22.3 Å². The predicted molar refractivity (Wildman–Crippen MR) is 69.0 cm³/mol. The number of carbonyl (C=O) groups is 2. The highest BCUT2D eigenvalue weighted by molar-refractivity contribution is 5.87. The molecule has 102 valence electrons. The Balaban J connectivity index is 1.75. The third kappa shape index (κ3) is 3.79. The first-order valence-corrected chi connectivity index (χ1v) is 6.34. The van der Waals surface area contributed by atoms with E-state index in [1.807, 2.05) is 0 Å². The first kappa shape index (κ1) is 13.5. The molecule has 1 aromatic carbocycles. The number of nitrogens with one attached hydrogen (secondary N) is 1. The second-order valence-corrected chi connectivity index (χ2v) is 4.60. The monoisotopic (exact) mass is 263 g/mol. The van der Waals surface area contributed by atoms with Gasteiger partial charge in [-0.15, -0.1) is 0 Å². The van der Waals surface area contributed by atoms with Gasteiger partial charge >= 0.3 is 5.97 Å². The van der Waals surface area contributed by atoms with Crippen LogP contribution in [0.3, 0.4) is 0 Å². The summed E-state index contributed by atoms with van der Waals surface area (Å²) in [6, 6.07) is 6.69. The van der Waals surface area contributed by atoms with Crippen LogP contribution in [0.2, 0.25) is 0 Å². The van der Waals surface area contributed by atoms with Crippen molar-refractivity contribution in [2.75, 3.05) is 19.8 Å². The molecule has 0 aromatic heterocycles. The second-order valence-electron chi connectivity index (χ2n) is 4.60. The van der Waals surface area contributed by atoms with Gasteiger partial charge in [-0.25, -0.2) is 4.79 Å². The van der Waals surface area contributed by atoms with Crippen molar-refractivity contribution in [2.45, 2.75) is 12.8 Å². The third-order valence-corrected chi connectivity index (χ3v) is 3.21. The molecule has 1 amide bonds. The zero-order valence-electron chi connectivity index (χ0n) is 10.6. The number of ether oxygens (including phenoxy) is 1. The van der Waals surface area contributed by atoms with E-state index in [0.29, 0.717) is 26.2 Å². The number of carbonyl (C=O) groups excluding carboxylic acids is 1. The lowest BCUT2D eigenvalue weighted by Gasteiger charge is -2.09. The van der Waals surface area contributed by atoms with Gasteiger partial charge in [-0.2, -0.15) is 0 Å². The molecule has 0 aliphatic carbocycles. The quantitative estimate of drug-likeness (QED) is 0.833. The molecule has 0 unspecified atom stereocenters. The number of carboxylic acids is 1. The van der Waals surface area contributed by atoms with Gasteiger partial charge in [0.05, 0.1) is 18.1 Å². The fourth-order valence-corrected chi connectivity index (χ4v) is 2.03. The molecule has 1 saturated heterocycles. The second kappa shape index (κ2) is 6.33. The number of hydrogen-bond acceptors (Lipinski definition) is 3. The van der Waals surface area contributed by atoms with Gasteiger partial charge in [0.1, 0.15) is 0 Å². The summed E-state index contributed by atoms with van der Waals surface area (Å²) in [6.07, 6.45) is 1.48. The van der Waals surface area contributed by atoms with E-state index in [1.54, 1.807) is 24.3 Å². The summed E-state index contributed by atoms with van der Waals surface area (Å²) in [7, 11) is 0. The van der Waals surface area contributed by atoms with Crippen LogP contribution in [0.25, 0.3) is 0 Å². The third-order valence-electron chi connectivity index (χ3n) is 3.21.